The van der Waals surface area contributed by atoms with E-state index in [0.717, 1.165) is 15.0 Å². The van der Waals surface area contributed by atoms with Gasteiger partial charge in [-0.15, -0.1) is 11.3 Å². The minimum atomic E-state index is -1.37. The highest BCUT2D eigenvalue weighted by Gasteiger charge is 2.39. The summed E-state index contributed by atoms with van der Waals surface area (Å²) in [6.45, 7) is -0.367. The molecule has 0 unspecified atom stereocenters. The van der Waals surface area contributed by atoms with Gasteiger partial charge in [-0.05, 0) is 23.6 Å². The summed E-state index contributed by atoms with van der Waals surface area (Å²) < 4.78 is 26.9. The maximum atomic E-state index is 15.0. The van der Waals surface area contributed by atoms with Crippen molar-refractivity contribution in [3.63, 3.8) is 0 Å². The molecule has 8 heteroatoms. The molecule has 4 atom stereocenters. The summed E-state index contributed by atoms with van der Waals surface area (Å²) >= 11 is 1.57. The van der Waals surface area contributed by atoms with Crippen LogP contribution in [0.4, 0.5) is 4.39 Å². The zero-order valence-corrected chi connectivity index (χ0v) is 17.1. The number of thiophene rings is 1. The molecular formula is C22H23FO6S. The van der Waals surface area contributed by atoms with E-state index in [1.165, 1.54) is 13.2 Å². The Hall–Kier alpha value is -2.23. The van der Waals surface area contributed by atoms with Crippen molar-refractivity contribution in [2.45, 2.75) is 37.3 Å². The second-order valence-corrected chi connectivity index (χ2v) is 8.57. The number of rotatable bonds is 5. The van der Waals surface area contributed by atoms with Gasteiger partial charge in [-0.2, -0.15) is 4.39 Å². The topological polar surface area (TPSA) is 99.4 Å². The van der Waals surface area contributed by atoms with E-state index >= 15 is 0 Å². The molecule has 1 saturated heterocycles. The monoisotopic (exact) mass is 434 g/mol. The normalized spacial score (nSPS) is 24.3. The number of halogens is 1. The molecule has 1 aromatic heterocycles. The Morgan fingerprint density at radius 1 is 1.23 bits per heavy atom. The summed E-state index contributed by atoms with van der Waals surface area (Å²) in [7, 11) is 1.32. The number of phenolic OH excluding ortho intramolecular Hbond substituents is 1. The Morgan fingerprint density at radius 3 is 2.70 bits per heavy atom. The first-order valence-electron chi connectivity index (χ1n) is 9.61. The maximum absolute atomic E-state index is 15.0. The van der Waals surface area contributed by atoms with Crippen LogP contribution >= 0.6 is 11.3 Å². The maximum Gasteiger partial charge on any atom is 0.207 e. The molecule has 2 heterocycles. The quantitative estimate of drug-likeness (QED) is 0.493. The molecule has 160 valence electrons. The molecule has 30 heavy (non-hydrogen) atoms. The van der Waals surface area contributed by atoms with Crippen LogP contribution in [0.1, 0.15) is 28.5 Å². The van der Waals surface area contributed by atoms with Crippen molar-refractivity contribution in [2.75, 3.05) is 13.7 Å². The van der Waals surface area contributed by atoms with Crippen LogP contribution in [-0.2, 0) is 11.2 Å². The van der Waals surface area contributed by atoms with E-state index in [4.69, 9.17) is 9.47 Å². The number of aliphatic hydroxyl groups is 3. The molecule has 2 aromatic carbocycles. The first-order chi connectivity index (χ1) is 14.4. The van der Waals surface area contributed by atoms with E-state index < -0.39 is 36.0 Å². The van der Waals surface area contributed by atoms with Gasteiger partial charge >= 0.3 is 0 Å². The summed E-state index contributed by atoms with van der Waals surface area (Å²) in [4.78, 5) is 0.976. The standard InChI is InChI=1S/C22H23FO6S/c1-28-21-12(7-14-6-11-4-2-3-5-17(11)30-14)8-15(19(26)18(21)23)22-20(27)16(25)9-13(10-24)29-22/h2-6,8,13,16,20,22,24-27H,7,9-10H2,1H3/t13-,16-,20+,22-/m0/s1. The average Bonchev–Trinajstić information content (AvgIpc) is 3.15. The van der Waals surface area contributed by atoms with Crippen LogP contribution in [0.15, 0.2) is 36.4 Å². The summed E-state index contributed by atoms with van der Waals surface area (Å²) in [6.07, 6.45) is -4.07. The van der Waals surface area contributed by atoms with Gasteiger partial charge in [0.15, 0.2) is 11.5 Å². The number of methoxy groups -OCH3 is 1. The Morgan fingerprint density at radius 2 is 2.00 bits per heavy atom. The molecule has 0 aliphatic carbocycles. The van der Waals surface area contributed by atoms with Gasteiger partial charge in [0, 0.05) is 33.5 Å². The molecule has 6 nitrogen and oxygen atoms in total. The molecule has 4 rings (SSSR count). The number of aromatic hydroxyl groups is 1. The van der Waals surface area contributed by atoms with Crippen molar-refractivity contribution in [3.05, 3.63) is 58.2 Å². The van der Waals surface area contributed by atoms with Gasteiger partial charge in [0.25, 0.3) is 0 Å². The van der Waals surface area contributed by atoms with Crippen LogP contribution in [0.25, 0.3) is 10.1 Å². The molecule has 4 N–H and O–H groups in total. The van der Waals surface area contributed by atoms with Gasteiger partial charge in [0.1, 0.15) is 12.2 Å². The van der Waals surface area contributed by atoms with E-state index in [1.807, 2.05) is 30.3 Å². The van der Waals surface area contributed by atoms with Crippen LogP contribution in [0, 0.1) is 5.82 Å². The second-order valence-electron chi connectivity index (χ2n) is 7.40. The highest BCUT2D eigenvalue weighted by Crippen LogP contribution is 2.42. The van der Waals surface area contributed by atoms with E-state index in [0.29, 0.717) is 12.0 Å². The minimum Gasteiger partial charge on any atom is -0.504 e. The smallest absolute Gasteiger partial charge is 0.207 e. The third-order valence-corrected chi connectivity index (χ3v) is 6.52. The lowest BCUT2D eigenvalue weighted by atomic mass is 9.91. The number of phenols is 1. The van der Waals surface area contributed by atoms with Gasteiger partial charge < -0.3 is 29.9 Å². The van der Waals surface area contributed by atoms with Gasteiger partial charge in [-0.1, -0.05) is 18.2 Å². The molecule has 0 bridgehead atoms. The van der Waals surface area contributed by atoms with Crippen molar-refractivity contribution < 1.29 is 34.3 Å². The van der Waals surface area contributed by atoms with E-state index in [-0.39, 0.29) is 24.3 Å². The highest BCUT2D eigenvalue weighted by molar-refractivity contribution is 7.19. The number of fused-ring (bicyclic) bond motifs is 1. The highest BCUT2D eigenvalue weighted by atomic mass is 32.1. The Labute approximate surface area is 176 Å². The summed E-state index contributed by atoms with van der Waals surface area (Å²) in [5, 5.41) is 41.5. The van der Waals surface area contributed by atoms with Crippen molar-refractivity contribution in [1.82, 2.24) is 0 Å². The molecule has 0 saturated carbocycles. The first kappa shape index (κ1) is 21.0. The summed E-state index contributed by atoms with van der Waals surface area (Å²) in [6, 6.07) is 11.4. The number of hydrogen-bond acceptors (Lipinski definition) is 7. The fourth-order valence-corrected chi connectivity index (χ4v) is 4.99. The van der Waals surface area contributed by atoms with Crippen LogP contribution in [0.3, 0.4) is 0 Å². The third-order valence-electron chi connectivity index (χ3n) is 5.41. The molecule has 1 aliphatic heterocycles. The van der Waals surface area contributed by atoms with Crippen LogP contribution in [-0.4, -0.2) is 52.5 Å². The Kier molecular flexibility index (Phi) is 5.95. The average molecular weight is 434 g/mol. The van der Waals surface area contributed by atoms with Crippen LogP contribution < -0.4 is 4.74 Å². The fraction of sp³-hybridized carbons (Fsp3) is 0.364. The molecule has 3 aromatic rings. The second kappa shape index (κ2) is 8.49. The molecule has 0 spiro atoms. The SMILES string of the molecule is COc1c(Cc2cc3ccccc3s2)cc([C@@H]2O[C@H](CO)C[C@H](O)[C@H]2O)c(O)c1F. The Balaban J connectivity index is 1.76. The van der Waals surface area contributed by atoms with Gasteiger partial charge in [-0.3, -0.25) is 0 Å². The number of ether oxygens (including phenoxy) is 2. The predicted octanol–water partition coefficient (Wildman–Crippen LogP) is 2.89. The lowest BCUT2D eigenvalue weighted by Gasteiger charge is -2.37. The zero-order valence-electron chi connectivity index (χ0n) is 16.3. The Bertz CT molecular complexity index is 1020. The van der Waals surface area contributed by atoms with Crippen LogP contribution in [0.2, 0.25) is 0 Å². The fourth-order valence-electron chi connectivity index (χ4n) is 3.91. The zero-order chi connectivity index (χ0) is 21.4. The predicted molar refractivity (Wildman–Crippen MR) is 111 cm³/mol. The van der Waals surface area contributed by atoms with Crippen molar-refractivity contribution >= 4 is 21.4 Å². The van der Waals surface area contributed by atoms with Gasteiger partial charge in [0.2, 0.25) is 5.82 Å². The summed E-state index contributed by atoms with van der Waals surface area (Å²) in [5.41, 5.74) is 0.486. The minimum absolute atomic E-state index is 0.00844. The lowest BCUT2D eigenvalue weighted by Crippen LogP contribution is -2.44. The summed E-state index contributed by atoms with van der Waals surface area (Å²) in [5.74, 6) is -1.75. The van der Waals surface area contributed by atoms with Crippen LogP contribution in [0.5, 0.6) is 11.5 Å². The molecular weight excluding hydrogens is 411 g/mol. The largest absolute Gasteiger partial charge is 0.504 e. The van der Waals surface area contributed by atoms with Crippen molar-refractivity contribution in [3.8, 4) is 11.5 Å². The van der Waals surface area contributed by atoms with Gasteiger partial charge in [0.05, 0.1) is 25.9 Å². The van der Waals surface area contributed by atoms with E-state index in [2.05, 4.69) is 0 Å². The molecule has 1 fully saturated rings. The first-order valence-corrected chi connectivity index (χ1v) is 10.4. The van der Waals surface area contributed by atoms with E-state index in [9.17, 15) is 24.8 Å². The number of hydrogen-bond donors (Lipinski definition) is 4. The lowest BCUT2D eigenvalue weighted by molar-refractivity contribution is -0.180. The molecule has 0 radical (unpaired) electrons. The molecule has 0 amide bonds. The third kappa shape index (κ3) is 3.77. The molecule has 1 aliphatic rings. The van der Waals surface area contributed by atoms with Crippen molar-refractivity contribution in [1.29, 1.82) is 0 Å². The number of aliphatic hydroxyl groups excluding tert-OH is 3. The van der Waals surface area contributed by atoms with E-state index in [1.54, 1.807) is 11.3 Å². The number of benzene rings is 2. The van der Waals surface area contributed by atoms with Gasteiger partial charge in [-0.25, -0.2) is 0 Å². The van der Waals surface area contributed by atoms with Crippen molar-refractivity contribution in [2.24, 2.45) is 0 Å².